The number of anilines is 1. The van der Waals surface area contributed by atoms with Crippen LogP contribution in [-0.4, -0.2) is 36.1 Å². The average molecular weight is 210 g/mol. The predicted octanol–water partition coefficient (Wildman–Crippen LogP) is 0.0332. The molecular weight excluding hydrogens is 196 g/mol. The molecule has 0 unspecified atom stereocenters. The first-order chi connectivity index (χ1) is 7.22. The van der Waals surface area contributed by atoms with E-state index in [-0.39, 0.29) is 5.91 Å². The number of nitrogens with one attached hydrogen (secondary N) is 2. The van der Waals surface area contributed by atoms with Crippen LogP contribution in [0.3, 0.4) is 0 Å². The van der Waals surface area contributed by atoms with Gasteiger partial charge in [-0.3, -0.25) is 4.79 Å². The number of amides is 1. The lowest BCUT2D eigenvalue weighted by atomic mass is 10.5. The first kappa shape index (κ1) is 11.2. The first-order valence-corrected chi connectivity index (χ1v) is 4.56. The van der Waals surface area contributed by atoms with Crippen molar-refractivity contribution in [2.75, 3.05) is 25.5 Å². The highest BCUT2D eigenvalue weighted by Crippen LogP contribution is 2.08. The number of hydrogen-bond donors (Lipinski definition) is 2. The van der Waals surface area contributed by atoms with Crippen molar-refractivity contribution >= 4 is 11.7 Å². The van der Waals surface area contributed by atoms with E-state index in [2.05, 4.69) is 20.6 Å². The molecule has 0 saturated heterocycles. The van der Waals surface area contributed by atoms with Crippen molar-refractivity contribution < 1.29 is 9.53 Å². The molecule has 1 aromatic rings. The lowest BCUT2D eigenvalue weighted by molar-refractivity contribution is -0.118. The Kier molecular flexibility index (Phi) is 4.33. The second-order valence-electron chi connectivity index (χ2n) is 2.86. The van der Waals surface area contributed by atoms with Crippen LogP contribution in [0.2, 0.25) is 0 Å². The average Bonchev–Trinajstić information content (AvgIpc) is 2.24. The summed E-state index contributed by atoms with van der Waals surface area (Å²) in [4.78, 5) is 18.4. The Hall–Kier alpha value is -1.85. The van der Waals surface area contributed by atoms with Crippen LogP contribution < -0.4 is 15.4 Å². The zero-order valence-electron chi connectivity index (χ0n) is 8.78. The standard InChI is InChI=1S/C9H14N4O2/c1-7(14)10-3-4-11-8-5-9(15-2)13-6-12-8/h5-6H,3-4H2,1-2H3,(H,10,14)(H,11,12,13). The number of hydrogen-bond acceptors (Lipinski definition) is 5. The molecule has 82 valence electrons. The topological polar surface area (TPSA) is 76.1 Å². The molecule has 1 heterocycles. The molecule has 0 saturated carbocycles. The molecule has 2 N–H and O–H groups in total. The van der Waals surface area contributed by atoms with Gasteiger partial charge in [-0.2, -0.15) is 0 Å². The fraction of sp³-hybridized carbons (Fsp3) is 0.444. The Morgan fingerprint density at radius 3 is 2.93 bits per heavy atom. The summed E-state index contributed by atoms with van der Waals surface area (Å²) < 4.78 is 4.94. The van der Waals surface area contributed by atoms with Crippen molar-refractivity contribution in [1.82, 2.24) is 15.3 Å². The van der Waals surface area contributed by atoms with Gasteiger partial charge in [-0.05, 0) is 0 Å². The second-order valence-corrected chi connectivity index (χ2v) is 2.86. The van der Waals surface area contributed by atoms with Crippen LogP contribution in [0.25, 0.3) is 0 Å². The molecule has 0 fully saturated rings. The highest BCUT2D eigenvalue weighted by molar-refractivity contribution is 5.72. The Bertz CT molecular complexity index is 330. The largest absolute Gasteiger partial charge is 0.481 e. The van der Waals surface area contributed by atoms with Gasteiger partial charge in [-0.15, -0.1) is 0 Å². The zero-order chi connectivity index (χ0) is 11.1. The summed E-state index contributed by atoms with van der Waals surface area (Å²) >= 11 is 0. The summed E-state index contributed by atoms with van der Waals surface area (Å²) in [6.45, 7) is 2.65. The van der Waals surface area contributed by atoms with Gasteiger partial charge in [-0.25, -0.2) is 9.97 Å². The first-order valence-electron chi connectivity index (χ1n) is 4.56. The molecule has 0 radical (unpaired) electrons. The van der Waals surface area contributed by atoms with Gasteiger partial charge in [0.05, 0.1) is 7.11 Å². The van der Waals surface area contributed by atoms with E-state index in [1.54, 1.807) is 13.2 Å². The Morgan fingerprint density at radius 1 is 1.47 bits per heavy atom. The smallest absolute Gasteiger partial charge is 0.218 e. The molecule has 0 bridgehead atoms. The van der Waals surface area contributed by atoms with Crippen LogP contribution in [0, 0.1) is 0 Å². The highest BCUT2D eigenvalue weighted by Gasteiger charge is 1.97. The molecule has 15 heavy (non-hydrogen) atoms. The molecule has 6 heteroatoms. The number of carbonyl (C=O) groups excluding carboxylic acids is 1. The predicted molar refractivity (Wildman–Crippen MR) is 55.8 cm³/mol. The maximum absolute atomic E-state index is 10.6. The zero-order valence-corrected chi connectivity index (χ0v) is 8.78. The minimum atomic E-state index is -0.0444. The minimum Gasteiger partial charge on any atom is -0.481 e. The monoisotopic (exact) mass is 210 g/mol. The van der Waals surface area contributed by atoms with Gasteiger partial charge >= 0.3 is 0 Å². The van der Waals surface area contributed by atoms with E-state index in [1.807, 2.05) is 0 Å². The molecule has 1 aromatic heterocycles. The molecule has 0 atom stereocenters. The van der Waals surface area contributed by atoms with Crippen LogP contribution in [0.1, 0.15) is 6.92 Å². The van der Waals surface area contributed by atoms with Gasteiger partial charge in [0.25, 0.3) is 0 Å². The fourth-order valence-corrected chi connectivity index (χ4v) is 0.977. The van der Waals surface area contributed by atoms with Gasteiger partial charge in [0.15, 0.2) is 0 Å². The number of aromatic nitrogens is 2. The SMILES string of the molecule is COc1cc(NCCNC(C)=O)ncn1. The third-order valence-corrected chi connectivity index (χ3v) is 1.66. The maximum atomic E-state index is 10.6. The molecule has 0 aliphatic carbocycles. The van der Waals surface area contributed by atoms with Crippen LogP contribution in [0.4, 0.5) is 5.82 Å². The van der Waals surface area contributed by atoms with E-state index in [0.29, 0.717) is 24.8 Å². The highest BCUT2D eigenvalue weighted by atomic mass is 16.5. The van der Waals surface area contributed by atoms with Crippen molar-refractivity contribution in [2.24, 2.45) is 0 Å². The van der Waals surface area contributed by atoms with E-state index in [9.17, 15) is 4.79 Å². The van der Waals surface area contributed by atoms with Crippen molar-refractivity contribution in [2.45, 2.75) is 6.92 Å². The molecule has 1 amide bonds. The summed E-state index contributed by atoms with van der Waals surface area (Å²) in [5, 5.41) is 5.70. The molecule has 6 nitrogen and oxygen atoms in total. The van der Waals surface area contributed by atoms with Crippen molar-refractivity contribution in [3.63, 3.8) is 0 Å². The van der Waals surface area contributed by atoms with Crippen LogP contribution in [-0.2, 0) is 4.79 Å². The van der Waals surface area contributed by atoms with Gasteiger partial charge in [0.1, 0.15) is 12.1 Å². The maximum Gasteiger partial charge on any atom is 0.218 e. The van der Waals surface area contributed by atoms with Gasteiger partial charge in [-0.1, -0.05) is 0 Å². The second kappa shape index (κ2) is 5.79. The number of carbonyl (C=O) groups is 1. The quantitative estimate of drug-likeness (QED) is 0.671. The molecule has 1 rings (SSSR count). The summed E-state index contributed by atoms with van der Waals surface area (Å²) in [7, 11) is 1.55. The summed E-state index contributed by atoms with van der Waals surface area (Å²) in [6.07, 6.45) is 1.42. The van der Waals surface area contributed by atoms with Gasteiger partial charge in [0.2, 0.25) is 11.8 Å². The van der Waals surface area contributed by atoms with Crippen LogP contribution in [0.5, 0.6) is 5.88 Å². The number of nitrogens with zero attached hydrogens (tertiary/aromatic N) is 2. The van der Waals surface area contributed by atoms with E-state index in [4.69, 9.17) is 4.74 Å². The van der Waals surface area contributed by atoms with Crippen molar-refractivity contribution in [3.05, 3.63) is 12.4 Å². The molecule has 0 aromatic carbocycles. The van der Waals surface area contributed by atoms with Gasteiger partial charge in [0, 0.05) is 26.1 Å². The van der Waals surface area contributed by atoms with E-state index in [0.717, 1.165) is 0 Å². The summed E-state index contributed by atoms with van der Waals surface area (Å²) in [5.74, 6) is 1.14. The van der Waals surface area contributed by atoms with E-state index < -0.39 is 0 Å². The molecule has 0 aliphatic heterocycles. The van der Waals surface area contributed by atoms with Gasteiger partial charge < -0.3 is 15.4 Å². The fourth-order valence-electron chi connectivity index (χ4n) is 0.977. The van der Waals surface area contributed by atoms with Crippen molar-refractivity contribution in [1.29, 1.82) is 0 Å². The number of methoxy groups -OCH3 is 1. The molecular formula is C9H14N4O2. The van der Waals surface area contributed by atoms with E-state index in [1.165, 1.54) is 13.3 Å². The van der Waals surface area contributed by atoms with Crippen molar-refractivity contribution in [3.8, 4) is 5.88 Å². The normalized spacial score (nSPS) is 9.47. The van der Waals surface area contributed by atoms with Crippen LogP contribution >= 0.6 is 0 Å². The third kappa shape index (κ3) is 4.26. The summed E-state index contributed by atoms with van der Waals surface area (Å²) in [5.41, 5.74) is 0. The molecule has 0 aliphatic rings. The lowest BCUT2D eigenvalue weighted by Gasteiger charge is -2.06. The molecule has 0 spiro atoms. The Balaban J connectivity index is 2.33. The Morgan fingerprint density at radius 2 is 2.27 bits per heavy atom. The van der Waals surface area contributed by atoms with E-state index >= 15 is 0 Å². The number of ether oxygens (including phenoxy) is 1. The van der Waals surface area contributed by atoms with Crippen LogP contribution in [0.15, 0.2) is 12.4 Å². The Labute approximate surface area is 88.1 Å². The third-order valence-electron chi connectivity index (χ3n) is 1.66. The number of rotatable bonds is 5. The minimum absolute atomic E-state index is 0.0444. The lowest BCUT2D eigenvalue weighted by Crippen LogP contribution is -2.26. The summed E-state index contributed by atoms with van der Waals surface area (Å²) in [6, 6.07) is 1.69.